The average molecular weight is 394 g/mol. The second kappa shape index (κ2) is 7.98. The summed E-state index contributed by atoms with van der Waals surface area (Å²) in [6, 6.07) is 13.5. The molecule has 0 saturated heterocycles. The summed E-state index contributed by atoms with van der Waals surface area (Å²) in [5.41, 5.74) is 2.57. The van der Waals surface area contributed by atoms with E-state index in [1.165, 1.54) is 18.5 Å². The van der Waals surface area contributed by atoms with Gasteiger partial charge in [-0.15, -0.1) is 0 Å². The Labute approximate surface area is 165 Å². The lowest BCUT2D eigenvalue weighted by Crippen LogP contribution is -2.06. The minimum absolute atomic E-state index is 0.319. The second-order valence-corrected chi connectivity index (χ2v) is 7.75. The molecule has 2 heterocycles. The maximum absolute atomic E-state index is 13.4. The van der Waals surface area contributed by atoms with Crippen LogP contribution >= 0.6 is 0 Å². The Kier molecular flexibility index (Phi) is 5.25. The lowest BCUT2D eigenvalue weighted by atomic mass is 10.0. The van der Waals surface area contributed by atoms with Crippen LogP contribution in [-0.4, -0.2) is 26.4 Å². The molecule has 142 valence electrons. The van der Waals surface area contributed by atoms with Gasteiger partial charge < -0.3 is 5.32 Å². The summed E-state index contributed by atoms with van der Waals surface area (Å²) in [5, 5.41) is 3.65. The van der Waals surface area contributed by atoms with Crippen molar-refractivity contribution in [2.45, 2.75) is 29.7 Å². The van der Waals surface area contributed by atoms with E-state index in [1.807, 2.05) is 24.3 Å². The molecule has 0 spiro atoms. The summed E-state index contributed by atoms with van der Waals surface area (Å²) >= 11 is 0. The Morgan fingerprint density at radius 1 is 1.07 bits per heavy atom. The summed E-state index contributed by atoms with van der Waals surface area (Å²) in [4.78, 5) is 14.0. The van der Waals surface area contributed by atoms with Gasteiger partial charge in [-0.25, -0.2) is 23.6 Å². The third-order valence-corrected chi connectivity index (χ3v) is 5.88. The number of nitrogens with zero attached hydrogens (tertiary/aromatic N) is 3. The molecule has 1 aromatic heterocycles. The Morgan fingerprint density at radius 3 is 2.64 bits per heavy atom. The van der Waals surface area contributed by atoms with Crippen molar-refractivity contribution >= 4 is 28.0 Å². The molecule has 1 aliphatic heterocycles. The number of rotatable bonds is 5. The SMILES string of the molecule is CCCCNc1ncnc2c1N=C(c1ccc(F)cc1)c1ccccc1S2=O. The van der Waals surface area contributed by atoms with Gasteiger partial charge in [-0.1, -0.05) is 31.5 Å². The number of fused-ring (bicyclic) bond motifs is 2. The standard InChI is InChI=1S/C21H19FN4OS/c1-2-3-12-23-20-19-21(25-13-24-20)28(27)17-7-5-4-6-16(17)18(26-19)14-8-10-15(22)11-9-14/h4-11,13H,2-3,12H2,1H3,(H,23,24,25). The van der Waals surface area contributed by atoms with E-state index in [0.29, 0.717) is 27.1 Å². The molecule has 7 heteroatoms. The van der Waals surface area contributed by atoms with Crippen LogP contribution in [0.1, 0.15) is 30.9 Å². The normalized spacial score (nSPS) is 15.2. The maximum Gasteiger partial charge on any atom is 0.163 e. The molecular formula is C21H19FN4OS. The lowest BCUT2D eigenvalue weighted by Gasteiger charge is -2.10. The number of hydrogen-bond acceptors (Lipinski definition) is 5. The molecule has 4 rings (SSSR count). The third-order valence-electron chi connectivity index (χ3n) is 4.47. The van der Waals surface area contributed by atoms with Gasteiger partial charge in [-0.05, 0) is 36.8 Å². The fourth-order valence-corrected chi connectivity index (χ4v) is 4.28. The van der Waals surface area contributed by atoms with Gasteiger partial charge in [0, 0.05) is 17.7 Å². The summed E-state index contributed by atoms with van der Waals surface area (Å²) in [5.74, 6) is 0.236. The van der Waals surface area contributed by atoms with Crippen molar-refractivity contribution in [2.75, 3.05) is 11.9 Å². The number of unbranched alkanes of at least 4 members (excludes halogenated alkanes) is 1. The predicted molar refractivity (Wildman–Crippen MR) is 108 cm³/mol. The number of benzene rings is 2. The molecule has 0 bridgehead atoms. The van der Waals surface area contributed by atoms with E-state index >= 15 is 0 Å². The van der Waals surface area contributed by atoms with Crippen LogP contribution < -0.4 is 5.32 Å². The number of hydrogen-bond donors (Lipinski definition) is 1. The van der Waals surface area contributed by atoms with Gasteiger partial charge in [0.1, 0.15) is 28.6 Å². The molecule has 0 fully saturated rings. The zero-order chi connectivity index (χ0) is 19.5. The van der Waals surface area contributed by atoms with Crippen molar-refractivity contribution in [3.05, 3.63) is 71.8 Å². The van der Waals surface area contributed by atoms with Gasteiger partial charge >= 0.3 is 0 Å². The molecule has 5 nitrogen and oxygen atoms in total. The molecule has 2 aromatic carbocycles. The van der Waals surface area contributed by atoms with Crippen LogP contribution in [0.25, 0.3) is 0 Å². The van der Waals surface area contributed by atoms with E-state index in [2.05, 4.69) is 22.2 Å². The largest absolute Gasteiger partial charge is 0.368 e. The van der Waals surface area contributed by atoms with Crippen molar-refractivity contribution in [1.29, 1.82) is 0 Å². The van der Waals surface area contributed by atoms with Gasteiger partial charge in [0.05, 0.1) is 10.6 Å². The topological polar surface area (TPSA) is 67.2 Å². The van der Waals surface area contributed by atoms with Crippen LogP contribution in [0.4, 0.5) is 15.9 Å². The van der Waals surface area contributed by atoms with Crippen LogP contribution in [0.2, 0.25) is 0 Å². The quantitative estimate of drug-likeness (QED) is 0.400. The summed E-state index contributed by atoms with van der Waals surface area (Å²) < 4.78 is 26.8. The third kappa shape index (κ3) is 3.45. The first-order chi connectivity index (χ1) is 13.7. The van der Waals surface area contributed by atoms with E-state index in [9.17, 15) is 8.60 Å². The van der Waals surface area contributed by atoms with E-state index < -0.39 is 10.8 Å². The summed E-state index contributed by atoms with van der Waals surface area (Å²) in [6.07, 6.45) is 3.43. The molecule has 0 amide bonds. The maximum atomic E-state index is 13.4. The van der Waals surface area contributed by atoms with Gasteiger partial charge in [-0.3, -0.25) is 0 Å². The molecular weight excluding hydrogens is 375 g/mol. The average Bonchev–Trinajstić information content (AvgIpc) is 2.85. The fraction of sp³-hybridized carbons (Fsp3) is 0.190. The molecule has 28 heavy (non-hydrogen) atoms. The highest BCUT2D eigenvalue weighted by atomic mass is 32.2. The Hall–Kier alpha value is -2.93. The minimum atomic E-state index is -1.50. The van der Waals surface area contributed by atoms with Gasteiger partial charge in [-0.2, -0.15) is 0 Å². The lowest BCUT2D eigenvalue weighted by molar-refractivity contribution is 0.628. The monoisotopic (exact) mass is 394 g/mol. The van der Waals surface area contributed by atoms with Crippen LogP contribution in [0.5, 0.6) is 0 Å². The Bertz CT molecular complexity index is 1070. The van der Waals surface area contributed by atoms with Crippen LogP contribution in [-0.2, 0) is 10.8 Å². The molecule has 0 saturated carbocycles. The Balaban J connectivity index is 1.93. The fourth-order valence-electron chi connectivity index (χ4n) is 3.04. The molecule has 1 aliphatic rings. The summed E-state index contributed by atoms with van der Waals surface area (Å²) in [6.45, 7) is 2.85. The first-order valence-electron chi connectivity index (χ1n) is 9.13. The van der Waals surface area contributed by atoms with Gasteiger partial charge in [0.2, 0.25) is 0 Å². The van der Waals surface area contributed by atoms with E-state index in [0.717, 1.165) is 30.5 Å². The predicted octanol–water partition coefficient (Wildman–Crippen LogP) is 4.48. The van der Waals surface area contributed by atoms with Crippen LogP contribution in [0, 0.1) is 5.82 Å². The summed E-state index contributed by atoms with van der Waals surface area (Å²) in [7, 11) is -1.50. The van der Waals surface area contributed by atoms with Crippen LogP contribution in [0.3, 0.4) is 0 Å². The van der Waals surface area contributed by atoms with Gasteiger partial charge in [0.15, 0.2) is 10.8 Å². The molecule has 0 radical (unpaired) electrons. The van der Waals surface area contributed by atoms with Crippen LogP contribution in [0.15, 0.2) is 69.8 Å². The highest BCUT2D eigenvalue weighted by molar-refractivity contribution is 7.85. The molecule has 3 aromatic rings. The zero-order valence-electron chi connectivity index (χ0n) is 15.4. The van der Waals surface area contributed by atoms with E-state index in [1.54, 1.807) is 12.1 Å². The molecule has 1 unspecified atom stereocenters. The zero-order valence-corrected chi connectivity index (χ0v) is 16.2. The second-order valence-electron chi connectivity index (χ2n) is 6.39. The number of aromatic nitrogens is 2. The highest BCUT2D eigenvalue weighted by Gasteiger charge is 2.26. The van der Waals surface area contributed by atoms with Crippen molar-refractivity contribution in [2.24, 2.45) is 4.99 Å². The van der Waals surface area contributed by atoms with Gasteiger partial charge in [0.25, 0.3) is 0 Å². The first-order valence-corrected chi connectivity index (χ1v) is 10.3. The van der Waals surface area contributed by atoms with Crippen molar-refractivity contribution in [1.82, 2.24) is 9.97 Å². The smallest absolute Gasteiger partial charge is 0.163 e. The number of anilines is 1. The van der Waals surface area contributed by atoms with E-state index in [4.69, 9.17) is 4.99 Å². The van der Waals surface area contributed by atoms with Crippen molar-refractivity contribution in [3.63, 3.8) is 0 Å². The molecule has 1 N–H and O–H groups in total. The first kappa shape index (κ1) is 18.4. The van der Waals surface area contributed by atoms with Crippen molar-refractivity contribution in [3.8, 4) is 0 Å². The number of nitrogens with one attached hydrogen (secondary N) is 1. The molecule has 1 atom stereocenters. The van der Waals surface area contributed by atoms with Crippen molar-refractivity contribution < 1.29 is 8.60 Å². The minimum Gasteiger partial charge on any atom is -0.368 e. The number of aliphatic imine (C=N–C) groups is 1. The highest BCUT2D eigenvalue weighted by Crippen LogP contribution is 2.36. The van der Waals surface area contributed by atoms with E-state index in [-0.39, 0.29) is 5.82 Å². The molecule has 0 aliphatic carbocycles. The Morgan fingerprint density at radius 2 is 1.86 bits per heavy atom. The number of halogens is 1.